The first-order chi connectivity index (χ1) is 15.3. The number of carbonyl (C=O) groups is 1. The van der Waals surface area contributed by atoms with Crippen molar-refractivity contribution in [3.8, 4) is 17.1 Å². The number of halogens is 3. The van der Waals surface area contributed by atoms with Gasteiger partial charge in [-0.05, 0) is 49.2 Å². The quantitative estimate of drug-likeness (QED) is 0.598. The molecule has 1 fully saturated rings. The minimum Gasteiger partial charge on any atom is -0.497 e. The number of benzene rings is 2. The van der Waals surface area contributed by atoms with Crippen molar-refractivity contribution in [1.29, 1.82) is 0 Å². The van der Waals surface area contributed by atoms with Gasteiger partial charge in [-0.15, -0.1) is 0 Å². The molecule has 0 aliphatic carbocycles. The van der Waals surface area contributed by atoms with Crippen LogP contribution in [0.15, 0.2) is 53.1 Å². The van der Waals surface area contributed by atoms with E-state index < -0.39 is 11.7 Å². The number of hydrogen-bond acceptors (Lipinski definition) is 5. The molecule has 7 nitrogen and oxygen atoms in total. The summed E-state index contributed by atoms with van der Waals surface area (Å²) in [4.78, 5) is 18.7. The summed E-state index contributed by atoms with van der Waals surface area (Å²) in [6, 6.07) is 11.3. The zero-order valence-corrected chi connectivity index (χ0v) is 17.2. The number of rotatable bonds is 4. The molecule has 168 valence electrons. The van der Waals surface area contributed by atoms with E-state index in [4.69, 9.17) is 9.26 Å². The fraction of sp³-hybridized carbons (Fsp3) is 0.318. The van der Waals surface area contributed by atoms with Gasteiger partial charge in [-0.2, -0.15) is 18.2 Å². The predicted octanol–water partition coefficient (Wildman–Crippen LogP) is 5.18. The van der Waals surface area contributed by atoms with Crippen LogP contribution in [0, 0.1) is 0 Å². The highest BCUT2D eigenvalue weighted by Gasteiger charge is 2.31. The van der Waals surface area contributed by atoms with Gasteiger partial charge in [0.2, 0.25) is 11.7 Å². The Balaban J connectivity index is 1.41. The highest BCUT2D eigenvalue weighted by molar-refractivity contribution is 5.89. The summed E-state index contributed by atoms with van der Waals surface area (Å²) in [5, 5.41) is 6.70. The maximum atomic E-state index is 12.7. The number of anilines is 1. The normalized spacial score (nSPS) is 16.6. The third-order valence-electron chi connectivity index (χ3n) is 5.29. The number of likely N-dealkylation sites (tertiary alicyclic amines) is 1. The first kappa shape index (κ1) is 21.7. The molecule has 1 unspecified atom stereocenters. The number of ether oxygens (including phenoxy) is 1. The van der Waals surface area contributed by atoms with Gasteiger partial charge < -0.3 is 19.5 Å². The first-order valence-electron chi connectivity index (χ1n) is 10.0. The third kappa shape index (κ3) is 4.84. The average molecular weight is 446 g/mol. The minimum atomic E-state index is -4.42. The molecule has 1 aliphatic heterocycles. The van der Waals surface area contributed by atoms with Crippen molar-refractivity contribution in [2.24, 2.45) is 0 Å². The van der Waals surface area contributed by atoms with Crippen molar-refractivity contribution in [3.63, 3.8) is 0 Å². The Morgan fingerprint density at radius 2 is 2.00 bits per heavy atom. The average Bonchev–Trinajstić information content (AvgIpc) is 3.29. The molecule has 0 bridgehead atoms. The molecule has 1 aromatic heterocycles. The molecular formula is C22H21F3N4O3. The number of hydrogen-bond donors (Lipinski definition) is 1. The number of aromatic nitrogens is 2. The molecule has 3 aromatic rings. The summed E-state index contributed by atoms with van der Waals surface area (Å²) in [6.07, 6.45) is -2.90. The molecule has 10 heteroatoms. The topological polar surface area (TPSA) is 80.5 Å². The second-order valence-corrected chi connectivity index (χ2v) is 7.48. The zero-order chi connectivity index (χ0) is 22.7. The van der Waals surface area contributed by atoms with Crippen LogP contribution in [0.1, 0.15) is 30.2 Å². The van der Waals surface area contributed by atoms with Crippen molar-refractivity contribution < 1.29 is 27.2 Å². The number of methoxy groups -OCH3 is 1. The lowest BCUT2D eigenvalue weighted by atomic mass is 9.98. The van der Waals surface area contributed by atoms with Gasteiger partial charge in [0, 0.05) is 24.3 Å². The highest BCUT2D eigenvalue weighted by atomic mass is 19.4. The van der Waals surface area contributed by atoms with Gasteiger partial charge >= 0.3 is 12.2 Å². The molecule has 2 aromatic carbocycles. The summed E-state index contributed by atoms with van der Waals surface area (Å²) < 4.78 is 48.8. The van der Waals surface area contributed by atoms with E-state index in [2.05, 4.69) is 15.5 Å². The number of piperidine rings is 1. The van der Waals surface area contributed by atoms with Crippen molar-refractivity contribution >= 4 is 11.7 Å². The van der Waals surface area contributed by atoms with E-state index in [9.17, 15) is 18.0 Å². The molecule has 0 radical (unpaired) electrons. The standard InChI is InChI=1S/C22H21F3N4O3/c1-31-18-6-2-4-14(12-18)19-27-20(32-28-19)15-5-3-11-29(13-15)21(30)26-17-9-7-16(8-10-17)22(23,24)25/h2,4,6-10,12,15H,3,5,11,13H2,1H3,(H,26,30). The lowest BCUT2D eigenvalue weighted by Gasteiger charge is -2.31. The van der Waals surface area contributed by atoms with Gasteiger partial charge in [0.05, 0.1) is 18.6 Å². The smallest absolute Gasteiger partial charge is 0.416 e. The molecule has 0 saturated carbocycles. The molecular weight excluding hydrogens is 425 g/mol. The second-order valence-electron chi connectivity index (χ2n) is 7.48. The lowest BCUT2D eigenvalue weighted by Crippen LogP contribution is -2.41. The second kappa shape index (κ2) is 8.89. The number of alkyl halides is 3. The van der Waals surface area contributed by atoms with E-state index in [1.165, 1.54) is 12.1 Å². The van der Waals surface area contributed by atoms with Crippen molar-refractivity contribution in [2.75, 3.05) is 25.5 Å². The fourth-order valence-electron chi connectivity index (χ4n) is 3.59. The van der Waals surface area contributed by atoms with Gasteiger partial charge in [0.25, 0.3) is 0 Å². The van der Waals surface area contributed by atoms with Crippen molar-refractivity contribution in [2.45, 2.75) is 24.9 Å². The Hall–Kier alpha value is -3.56. The van der Waals surface area contributed by atoms with Gasteiger partial charge in [-0.3, -0.25) is 0 Å². The van der Waals surface area contributed by atoms with Crippen LogP contribution < -0.4 is 10.1 Å². The molecule has 4 rings (SSSR count). The van der Waals surface area contributed by atoms with Gasteiger partial charge in [-0.1, -0.05) is 17.3 Å². The molecule has 1 saturated heterocycles. The van der Waals surface area contributed by atoms with Crippen LogP contribution in [0.5, 0.6) is 5.75 Å². The van der Waals surface area contributed by atoms with E-state index in [0.29, 0.717) is 36.2 Å². The SMILES string of the molecule is COc1cccc(-c2noc(C3CCCN(C(=O)Nc4ccc(C(F)(F)F)cc4)C3)n2)c1. The maximum Gasteiger partial charge on any atom is 0.416 e. The number of carbonyl (C=O) groups excluding carboxylic acids is 1. The molecule has 1 N–H and O–H groups in total. The van der Waals surface area contributed by atoms with Crippen molar-refractivity contribution in [3.05, 3.63) is 60.0 Å². The lowest BCUT2D eigenvalue weighted by molar-refractivity contribution is -0.137. The molecule has 32 heavy (non-hydrogen) atoms. The molecule has 0 spiro atoms. The first-order valence-corrected chi connectivity index (χ1v) is 10.0. The van der Waals surface area contributed by atoms with Crippen LogP contribution in [-0.2, 0) is 6.18 Å². The summed E-state index contributed by atoms with van der Waals surface area (Å²) in [6.45, 7) is 0.895. The van der Waals surface area contributed by atoms with Crippen LogP contribution in [0.3, 0.4) is 0 Å². The summed E-state index contributed by atoms with van der Waals surface area (Å²) in [7, 11) is 1.58. The Morgan fingerprint density at radius 3 is 2.72 bits per heavy atom. The minimum absolute atomic E-state index is 0.131. The highest BCUT2D eigenvalue weighted by Crippen LogP contribution is 2.31. The van der Waals surface area contributed by atoms with Crippen LogP contribution >= 0.6 is 0 Å². The number of nitrogens with one attached hydrogen (secondary N) is 1. The molecule has 2 amide bonds. The summed E-state index contributed by atoms with van der Waals surface area (Å²) in [5.41, 5.74) is 0.284. The van der Waals surface area contributed by atoms with Crippen LogP contribution in [0.4, 0.5) is 23.7 Å². The Bertz CT molecular complexity index is 1080. The van der Waals surface area contributed by atoms with Gasteiger partial charge in [-0.25, -0.2) is 4.79 Å². The molecule has 1 atom stereocenters. The van der Waals surface area contributed by atoms with Crippen LogP contribution in [0.25, 0.3) is 11.4 Å². The van der Waals surface area contributed by atoms with Crippen molar-refractivity contribution in [1.82, 2.24) is 15.0 Å². The zero-order valence-electron chi connectivity index (χ0n) is 17.2. The van der Waals surface area contributed by atoms with Crippen LogP contribution in [0.2, 0.25) is 0 Å². The van der Waals surface area contributed by atoms with E-state index in [0.717, 1.165) is 30.5 Å². The van der Waals surface area contributed by atoms with Gasteiger partial charge in [0.15, 0.2) is 0 Å². The monoisotopic (exact) mass is 446 g/mol. The van der Waals surface area contributed by atoms with E-state index in [-0.39, 0.29) is 11.9 Å². The van der Waals surface area contributed by atoms with Gasteiger partial charge in [0.1, 0.15) is 5.75 Å². The Morgan fingerprint density at radius 1 is 1.22 bits per heavy atom. The number of amides is 2. The number of urea groups is 1. The third-order valence-corrected chi connectivity index (χ3v) is 5.29. The van der Waals surface area contributed by atoms with E-state index in [1.807, 2.05) is 18.2 Å². The maximum absolute atomic E-state index is 12.7. The fourth-order valence-corrected chi connectivity index (χ4v) is 3.59. The Kier molecular flexibility index (Phi) is 6.02. The Labute approximate surface area is 182 Å². The summed E-state index contributed by atoms with van der Waals surface area (Å²) >= 11 is 0. The van der Waals surface area contributed by atoms with E-state index in [1.54, 1.807) is 18.1 Å². The largest absolute Gasteiger partial charge is 0.497 e. The van der Waals surface area contributed by atoms with Crippen LogP contribution in [-0.4, -0.2) is 41.3 Å². The molecule has 2 heterocycles. The predicted molar refractivity (Wildman–Crippen MR) is 110 cm³/mol. The number of nitrogens with zero attached hydrogens (tertiary/aromatic N) is 3. The van der Waals surface area contributed by atoms with E-state index >= 15 is 0 Å². The summed E-state index contributed by atoms with van der Waals surface area (Å²) in [5.74, 6) is 1.42. The molecule has 1 aliphatic rings.